The number of aliphatic hydroxyl groups excluding tert-OH is 1. The van der Waals surface area contributed by atoms with Crippen LogP contribution in [0.25, 0.3) is 16.0 Å². The van der Waals surface area contributed by atoms with E-state index in [1.165, 1.54) is 43.8 Å². The summed E-state index contributed by atoms with van der Waals surface area (Å²) < 4.78 is 19.8. The first kappa shape index (κ1) is 24.5. The Bertz CT molecular complexity index is 1550. The highest BCUT2D eigenvalue weighted by Gasteiger charge is 2.48. The monoisotopic (exact) mass is 563 g/mol. The van der Waals surface area contributed by atoms with Crippen molar-refractivity contribution in [3.63, 3.8) is 0 Å². The number of amides is 1. The normalized spacial score (nSPS) is 17.2. The lowest BCUT2D eigenvalue weighted by molar-refractivity contribution is -0.132. The van der Waals surface area contributed by atoms with Crippen LogP contribution in [0.4, 0.5) is 9.52 Å². The second-order valence-electron chi connectivity index (χ2n) is 7.65. The number of hydrogen-bond donors (Lipinski definition) is 1. The van der Waals surface area contributed by atoms with Gasteiger partial charge in [0.05, 0.1) is 44.6 Å². The summed E-state index contributed by atoms with van der Waals surface area (Å²) in [5.41, 5.74) is 0.623. The van der Waals surface area contributed by atoms with Crippen molar-refractivity contribution < 1.29 is 23.8 Å². The maximum absolute atomic E-state index is 14.0. The molecule has 1 fully saturated rings. The van der Waals surface area contributed by atoms with Crippen molar-refractivity contribution in [2.24, 2.45) is 0 Å². The Labute approximate surface area is 222 Å². The van der Waals surface area contributed by atoms with Gasteiger partial charge in [0.25, 0.3) is 5.78 Å². The second-order valence-corrected chi connectivity index (χ2v) is 9.91. The lowest BCUT2D eigenvalue weighted by Gasteiger charge is -2.23. The Morgan fingerprint density at radius 2 is 1.83 bits per heavy atom. The molecule has 1 aliphatic heterocycles. The summed E-state index contributed by atoms with van der Waals surface area (Å²) in [7, 11) is 1.34. The van der Waals surface area contributed by atoms with Crippen molar-refractivity contribution in [3.05, 3.63) is 86.4 Å². The molecular weight excluding hydrogens is 552 g/mol. The summed E-state index contributed by atoms with van der Waals surface area (Å²) in [6, 6.07) is 7.45. The molecule has 1 atom stereocenters. The summed E-state index contributed by atoms with van der Waals surface area (Å²) in [5.74, 6) is -3.00. The molecule has 3 heterocycles. The van der Waals surface area contributed by atoms with Gasteiger partial charge in [0, 0.05) is 17.4 Å². The summed E-state index contributed by atoms with van der Waals surface area (Å²) in [6.45, 7) is 0. The van der Waals surface area contributed by atoms with Gasteiger partial charge < -0.3 is 9.84 Å². The fourth-order valence-electron chi connectivity index (χ4n) is 3.99. The summed E-state index contributed by atoms with van der Waals surface area (Å²) in [6.07, 6.45) is 2.97. The largest absolute Gasteiger partial charge is 0.507 e. The van der Waals surface area contributed by atoms with E-state index in [9.17, 15) is 19.1 Å². The van der Waals surface area contributed by atoms with E-state index in [1.54, 1.807) is 12.1 Å². The number of Topliss-reactive ketones (excluding diaryl/α,β-unsaturated/α-hetero) is 1. The van der Waals surface area contributed by atoms with Crippen molar-refractivity contribution in [2.45, 2.75) is 6.04 Å². The number of anilines is 1. The average molecular weight is 565 g/mol. The molecule has 182 valence electrons. The van der Waals surface area contributed by atoms with Gasteiger partial charge in [0.1, 0.15) is 17.3 Å². The van der Waals surface area contributed by atoms with Crippen molar-refractivity contribution in [1.82, 2.24) is 9.97 Å². The van der Waals surface area contributed by atoms with Crippen molar-refractivity contribution in [2.75, 3.05) is 12.0 Å². The van der Waals surface area contributed by atoms with E-state index in [0.29, 0.717) is 15.8 Å². The molecule has 0 aliphatic carbocycles. The van der Waals surface area contributed by atoms with E-state index in [4.69, 9.17) is 39.5 Å². The van der Waals surface area contributed by atoms with Crippen LogP contribution in [0.2, 0.25) is 15.1 Å². The molecule has 12 heteroatoms. The number of aromatic nitrogens is 2. The van der Waals surface area contributed by atoms with Crippen LogP contribution >= 0.6 is 46.1 Å². The fourth-order valence-corrected chi connectivity index (χ4v) is 5.72. The van der Waals surface area contributed by atoms with Crippen LogP contribution < -0.4 is 9.64 Å². The molecule has 1 aliphatic rings. The number of carbonyl (C=O) groups excluding carboxylic acids is 2. The van der Waals surface area contributed by atoms with Gasteiger partial charge in [-0.3, -0.25) is 19.5 Å². The number of ether oxygens (including phenoxy) is 1. The Kier molecular flexibility index (Phi) is 6.34. The first-order valence-corrected chi connectivity index (χ1v) is 12.2. The molecular formula is C24H13Cl3FN3O4S. The van der Waals surface area contributed by atoms with Gasteiger partial charge in [-0.05, 0) is 42.0 Å². The number of benzene rings is 2. The third kappa shape index (κ3) is 3.98. The van der Waals surface area contributed by atoms with Crippen molar-refractivity contribution in [3.8, 4) is 5.75 Å². The first-order valence-electron chi connectivity index (χ1n) is 10.2. The van der Waals surface area contributed by atoms with Crippen molar-refractivity contribution >= 4 is 78.9 Å². The van der Waals surface area contributed by atoms with Gasteiger partial charge in [-0.15, -0.1) is 0 Å². The maximum atomic E-state index is 14.0. The average Bonchev–Trinajstić information content (AvgIpc) is 3.36. The second kappa shape index (κ2) is 9.33. The number of carbonyl (C=O) groups is 2. The zero-order chi connectivity index (χ0) is 25.7. The first-order chi connectivity index (χ1) is 17.2. The molecule has 5 rings (SSSR count). The van der Waals surface area contributed by atoms with Crippen LogP contribution in [0.15, 0.2) is 54.4 Å². The van der Waals surface area contributed by atoms with Crippen molar-refractivity contribution in [1.29, 1.82) is 0 Å². The Hall–Kier alpha value is -3.24. The maximum Gasteiger partial charge on any atom is 0.301 e. The minimum atomic E-state index is -1.09. The number of aliphatic hydroxyl groups is 1. The number of pyridine rings is 1. The van der Waals surface area contributed by atoms with E-state index < -0.39 is 29.3 Å². The topological polar surface area (TPSA) is 92.6 Å². The number of rotatable bonds is 4. The highest BCUT2D eigenvalue weighted by atomic mass is 35.5. The molecule has 1 N–H and O–H groups in total. The Balaban J connectivity index is 1.77. The third-order valence-corrected chi connectivity index (χ3v) is 7.37. The zero-order valence-electron chi connectivity index (χ0n) is 18.1. The van der Waals surface area contributed by atoms with Crippen LogP contribution in [0.5, 0.6) is 5.75 Å². The number of ketones is 1. The Morgan fingerprint density at radius 1 is 1.11 bits per heavy atom. The molecule has 7 nitrogen and oxygen atoms in total. The van der Waals surface area contributed by atoms with Crippen LogP contribution in [-0.2, 0) is 9.59 Å². The van der Waals surface area contributed by atoms with E-state index in [2.05, 4.69) is 9.97 Å². The van der Waals surface area contributed by atoms with E-state index in [1.807, 2.05) is 0 Å². The molecule has 0 saturated carbocycles. The fraction of sp³-hybridized carbons (Fsp3) is 0.0833. The third-order valence-electron chi connectivity index (χ3n) is 5.56. The summed E-state index contributed by atoms with van der Waals surface area (Å²) in [5, 5.41) is 11.6. The highest BCUT2D eigenvalue weighted by Crippen LogP contribution is 2.46. The van der Waals surface area contributed by atoms with E-state index in [0.717, 1.165) is 16.2 Å². The molecule has 36 heavy (non-hydrogen) atoms. The molecule has 2 aromatic carbocycles. The predicted octanol–water partition coefficient (Wildman–Crippen LogP) is 6.43. The van der Waals surface area contributed by atoms with Crippen LogP contribution in [0, 0.1) is 5.82 Å². The Morgan fingerprint density at radius 3 is 2.53 bits per heavy atom. The van der Waals surface area contributed by atoms with Gasteiger partial charge in [-0.25, -0.2) is 9.37 Å². The lowest BCUT2D eigenvalue weighted by atomic mass is 9.95. The quantitative estimate of drug-likeness (QED) is 0.175. The number of hydrogen-bond acceptors (Lipinski definition) is 7. The van der Waals surface area contributed by atoms with E-state index >= 15 is 0 Å². The van der Waals surface area contributed by atoms with E-state index in [-0.39, 0.29) is 37.1 Å². The van der Waals surface area contributed by atoms with Gasteiger partial charge in [0.15, 0.2) is 5.13 Å². The molecule has 4 aromatic rings. The highest BCUT2D eigenvalue weighted by molar-refractivity contribution is 7.22. The number of halogens is 4. The zero-order valence-corrected chi connectivity index (χ0v) is 21.2. The number of fused-ring (bicyclic) bond motifs is 1. The predicted molar refractivity (Wildman–Crippen MR) is 137 cm³/mol. The minimum Gasteiger partial charge on any atom is -0.507 e. The molecule has 1 unspecified atom stereocenters. The summed E-state index contributed by atoms with van der Waals surface area (Å²) >= 11 is 19.3. The van der Waals surface area contributed by atoms with Gasteiger partial charge in [-0.2, -0.15) is 0 Å². The molecule has 0 spiro atoms. The minimum absolute atomic E-state index is 0.0326. The van der Waals surface area contributed by atoms with Crippen LogP contribution in [0.3, 0.4) is 0 Å². The molecule has 0 radical (unpaired) electrons. The standard InChI is InChI=1S/C24H13Cl3FN3O4S/c1-35-22-12(6-11(25)7-14(22)27)20(32)18-19(10-2-4-29-5-3-10)31(23(34)21(18)33)24-30-16-8-13(26)15(28)9-17(16)36-24/h2-9,19,32H,1H3/b20-18+. The van der Waals surface area contributed by atoms with Crippen LogP contribution in [0.1, 0.15) is 17.2 Å². The summed E-state index contributed by atoms with van der Waals surface area (Å²) in [4.78, 5) is 36.2. The molecule has 1 saturated heterocycles. The molecule has 0 bridgehead atoms. The van der Waals surface area contributed by atoms with Gasteiger partial charge >= 0.3 is 5.91 Å². The van der Waals surface area contributed by atoms with Crippen LogP contribution in [-0.4, -0.2) is 33.9 Å². The SMILES string of the molecule is COc1c(Cl)cc(Cl)cc1/C(O)=C1\C(=O)C(=O)N(c2nc3cc(Cl)c(F)cc3s2)C1c1ccncc1. The smallest absolute Gasteiger partial charge is 0.301 e. The molecule has 2 aromatic heterocycles. The lowest BCUT2D eigenvalue weighted by Crippen LogP contribution is -2.29. The number of thiazole rings is 1. The number of nitrogens with zero attached hydrogens (tertiary/aromatic N) is 3. The molecule has 1 amide bonds. The number of methoxy groups -OCH3 is 1. The van der Waals surface area contributed by atoms with Gasteiger partial charge in [-0.1, -0.05) is 46.1 Å². The van der Waals surface area contributed by atoms with Gasteiger partial charge in [0.2, 0.25) is 0 Å².